The van der Waals surface area contributed by atoms with Crippen molar-refractivity contribution in [3.63, 3.8) is 0 Å². The zero-order valence-corrected chi connectivity index (χ0v) is 11.8. The summed E-state index contributed by atoms with van der Waals surface area (Å²) in [5.41, 5.74) is 1.59. The van der Waals surface area contributed by atoms with E-state index in [0.29, 0.717) is 24.5 Å². The van der Waals surface area contributed by atoms with Crippen molar-refractivity contribution in [2.45, 2.75) is 20.8 Å². The summed E-state index contributed by atoms with van der Waals surface area (Å²) in [7, 11) is 0. The summed E-state index contributed by atoms with van der Waals surface area (Å²) in [6.07, 6.45) is 0. The van der Waals surface area contributed by atoms with E-state index in [2.05, 4.69) is 22.6 Å². The molecular formula is C12H15IO3. The lowest BCUT2D eigenvalue weighted by Gasteiger charge is -2.11. The standard InChI is InChI=1S/C12H15IO3/c1-4-15-11-6-8(3)10(13)7-9(11)12(14)16-5-2/h6-7H,4-5H2,1-3H3. The van der Waals surface area contributed by atoms with Crippen LogP contribution in [0.5, 0.6) is 5.75 Å². The number of benzene rings is 1. The fraction of sp³-hybridized carbons (Fsp3) is 0.417. The third kappa shape index (κ3) is 3.10. The largest absolute Gasteiger partial charge is 0.493 e. The molecule has 0 saturated carbocycles. The molecule has 16 heavy (non-hydrogen) atoms. The second-order valence-electron chi connectivity index (χ2n) is 3.25. The highest BCUT2D eigenvalue weighted by molar-refractivity contribution is 14.1. The van der Waals surface area contributed by atoms with Crippen molar-refractivity contribution in [3.8, 4) is 5.75 Å². The van der Waals surface area contributed by atoms with Gasteiger partial charge in [0, 0.05) is 3.57 Å². The first kappa shape index (κ1) is 13.3. The van der Waals surface area contributed by atoms with Gasteiger partial charge in [-0.2, -0.15) is 0 Å². The Labute approximate surface area is 109 Å². The van der Waals surface area contributed by atoms with Crippen molar-refractivity contribution in [2.24, 2.45) is 0 Å². The fourth-order valence-corrected chi connectivity index (χ4v) is 1.77. The SMILES string of the molecule is CCOC(=O)c1cc(I)c(C)cc1OCC. The molecule has 3 nitrogen and oxygen atoms in total. The summed E-state index contributed by atoms with van der Waals surface area (Å²) in [4.78, 5) is 11.7. The Morgan fingerprint density at radius 2 is 2.00 bits per heavy atom. The second kappa shape index (κ2) is 6.08. The van der Waals surface area contributed by atoms with Crippen LogP contribution in [0.4, 0.5) is 0 Å². The van der Waals surface area contributed by atoms with Gasteiger partial charge in [-0.15, -0.1) is 0 Å². The molecule has 0 unspecified atom stereocenters. The number of hydrogen-bond acceptors (Lipinski definition) is 3. The number of carbonyl (C=O) groups excluding carboxylic acids is 1. The van der Waals surface area contributed by atoms with Crippen molar-refractivity contribution in [1.82, 2.24) is 0 Å². The molecule has 0 N–H and O–H groups in total. The topological polar surface area (TPSA) is 35.5 Å². The first-order valence-corrected chi connectivity index (χ1v) is 6.28. The van der Waals surface area contributed by atoms with Gasteiger partial charge >= 0.3 is 5.97 Å². The first-order chi connectivity index (χ1) is 7.60. The van der Waals surface area contributed by atoms with Gasteiger partial charge in [-0.05, 0) is 61.1 Å². The van der Waals surface area contributed by atoms with Gasteiger partial charge in [0.2, 0.25) is 0 Å². The third-order valence-corrected chi connectivity index (χ3v) is 3.22. The highest BCUT2D eigenvalue weighted by Gasteiger charge is 2.15. The summed E-state index contributed by atoms with van der Waals surface area (Å²) in [5, 5.41) is 0. The van der Waals surface area contributed by atoms with E-state index in [1.807, 2.05) is 19.9 Å². The summed E-state index contributed by atoms with van der Waals surface area (Å²) < 4.78 is 11.5. The quantitative estimate of drug-likeness (QED) is 0.627. The monoisotopic (exact) mass is 334 g/mol. The maximum atomic E-state index is 11.7. The average molecular weight is 334 g/mol. The fourth-order valence-electron chi connectivity index (χ4n) is 1.30. The van der Waals surface area contributed by atoms with Crippen LogP contribution in [0, 0.1) is 10.5 Å². The molecule has 1 rings (SSSR count). The van der Waals surface area contributed by atoms with Crippen LogP contribution in [0.3, 0.4) is 0 Å². The Kier molecular flexibility index (Phi) is 5.05. The summed E-state index contributed by atoms with van der Waals surface area (Å²) >= 11 is 2.19. The lowest BCUT2D eigenvalue weighted by atomic mass is 10.1. The molecule has 0 amide bonds. The molecular weight excluding hydrogens is 319 g/mol. The third-order valence-electron chi connectivity index (χ3n) is 2.06. The smallest absolute Gasteiger partial charge is 0.341 e. The van der Waals surface area contributed by atoms with Crippen LogP contribution in [0.25, 0.3) is 0 Å². The van der Waals surface area contributed by atoms with Gasteiger partial charge in [0.25, 0.3) is 0 Å². The molecule has 0 saturated heterocycles. The maximum Gasteiger partial charge on any atom is 0.341 e. The van der Waals surface area contributed by atoms with Crippen LogP contribution in [-0.4, -0.2) is 19.2 Å². The Morgan fingerprint density at radius 1 is 1.31 bits per heavy atom. The summed E-state index contributed by atoms with van der Waals surface area (Å²) in [6, 6.07) is 3.68. The summed E-state index contributed by atoms with van der Waals surface area (Å²) in [5.74, 6) is 0.266. The van der Waals surface area contributed by atoms with Crippen LogP contribution in [0.2, 0.25) is 0 Å². The molecule has 0 atom stereocenters. The number of hydrogen-bond donors (Lipinski definition) is 0. The number of esters is 1. The Bertz CT molecular complexity index is 388. The second-order valence-corrected chi connectivity index (χ2v) is 4.41. The Hall–Kier alpha value is -0.780. The Morgan fingerprint density at radius 3 is 2.56 bits per heavy atom. The van der Waals surface area contributed by atoms with E-state index in [1.54, 1.807) is 13.0 Å². The first-order valence-electron chi connectivity index (χ1n) is 5.20. The van der Waals surface area contributed by atoms with E-state index in [4.69, 9.17) is 9.47 Å². The molecule has 0 aromatic heterocycles. The number of carbonyl (C=O) groups is 1. The Balaban J connectivity index is 3.13. The zero-order chi connectivity index (χ0) is 12.1. The van der Waals surface area contributed by atoms with Gasteiger partial charge in [-0.1, -0.05) is 0 Å². The predicted molar refractivity (Wildman–Crippen MR) is 71.0 cm³/mol. The van der Waals surface area contributed by atoms with Crippen molar-refractivity contribution in [3.05, 3.63) is 26.8 Å². The van der Waals surface area contributed by atoms with Crippen LogP contribution in [-0.2, 0) is 4.74 Å². The van der Waals surface area contributed by atoms with Gasteiger partial charge in [0.15, 0.2) is 0 Å². The van der Waals surface area contributed by atoms with E-state index < -0.39 is 0 Å². The number of aryl methyl sites for hydroxylation is 1. The maximum absolute atomic E-state index is 11.7. The molecule has 0 heterocycles. The van der Waals surface area contributed by atoms with Gasteiger partial charge in [-0.25, -0.2) is 4.79 Å². The molecule has 0 fully saturated rings. The van der Waals surface area contributed by atoms with Gasteiger partial charge < -0.3 is 9.47 Å². The van der Waals surface area contributed by atoms with Crippen molar-refractivity contribution in [1.29, 1.82) is 0 Å². The van der Waals surface area contributed by atoms with Crippen LogP contribution >= 0.6 is 22.6 Å². The van der Waals surface area contributed by atoms with Gasteiger partial charge in [0.05, 0.1) is 13.2 Å². The van der Waals surface area contributed by atoms with Crippen molar-refractivity contribution in [2.75, 3.05) is 13.2 Å². The van der Waals surface area contributed by atoms with Crippen molar-refractivity contribution >= 4 is 28.6 Å². The minimum Gasteiger partial charge on any atom is -0.493 e. The van der Waals surface area contributed by atoms with E-state index in [1.165, 1.54) is 0 Å². The molecule has 0 aliphatic heterocycles. The molecule has 1 aromatic rings. The minimum absolute atomic E-state index is 0.330. The molecule has 88 valence electrons. The van der Waals surface area contributed by atoms with E-state index in [-0.39, 0.29) is 5.97 Å². The number of halogens is 1. The molecule has 0 aliphatic carbocycles. The zero-order valence-electron chi connectivity index (χ0n) is 9.67. The molecule has 0 spiro atoms. The van der Waals surface area contributed by atoms with E-state index in [0.717, 1.165) is 9.13 Å². The number of rotatable bonds is 4. The minimum atomic E-state index is -0.330. The van der Waals surface area contributed by atoms with E-state index >= 15 is 0 Å². The predicted octanol–water partition coefficient (Wildman–Crippen LogP) is 3.18. The number of ether oxygens (including phenoxy) is 2. The molecule has 0 aliphatic rings. The lowest BCUT2D eigenvalue weighted by molar-refractivity contribution is 0.0522. The molecule has 0 radical (unpaired) electrons. The highest BCUT2D eigenvalue weighted by atomic mass is 127. The van der Waals surface area contributed by atoms with Gasteiger partial charge in [-0.3, -0.25) is 0 Å². The normalized spacial score (nSPS) is 10.0. The highest BCUT2D eigenvalue weighted by Crippen LogP contribution is 2.25. The molecule has 4 heteroatoms. The van der Waals surface area contributed by atoms with Crippen LogP contribution < -0.4 is 4.74 Å². The summed E-state index contributed by atoms with van der Waals surface area (Å²) in [6.45, 7) is 6.57. The molecule has 1 aromatic carbocycles. The van der Waals surface area contributed by atoms with Crippen LogP contribution in [0.15, 0.2) is 12.1 Å². The lowest BCUT2D eigenvalue weighted by Crippen LogP contribution is -2.08. The van der Waals surface area contributed by atoms with Gasteiger partial charge in [0.1, 0.15) is 11.3 Å². The average Bonchev–Trinajstić information content (AvgIpc) is 2.23. The van der Waals surface area contributed by atoms with Crippen molar-refractivity contribution < 1.29 is 14.3 Å². The van der Waals surface area contributed by atoms with Crippen LogP contribution in [0.1, 0.15) is 29.8 Å². The molecule has 0 bridgehead atoms. The van der Waals surface area contributed by atoms with E-state index in [9.17, 15) is 4.79 Å².